The maximum atomic E-state index is 8.89. The second-order valence-electron chi connectivity index (χ2n) is 0.492. The van der Waals surface area contributed by atoms with Crippen molar-refractivity contribution < 1.29 is 31.0 Å². The van der Waals surface area contributed by atoms with Crippen LogP contribution in [-0.2, 0) is 25.9 Å². The van der Waals surface area contributed by atoms with Crippen LogP contribution in [0.2, 0.25) is 0 Å². The molecule has 0 aromatic carbocycles. The Labute approximate surface area is 44.4 Å². The van der Waals surface area contributed by atoms with E-state index in [0.29, 0.717) is 0 Å². The number of carbonyl (C=O) groups is 1. The van der Waals surface area contributed by atoms with Gasteiger partial charge in [0.05, 0.1) is 0 Å². The summed E-state index contributed by atoms with van der Waals surface area (Å²) in [6.07, 6.45) is 0. The molecule has 0 aromatic heterocycles. The van der Waals surface area contributed by atoms with E-state index in [1.165, 1.54) is 0 Å². The van der Waals surface area contributed by atoms with Crippen LogP contribution in [0.1, 0.15) is 6.92 Å². The van der Waals surface area contributed by atoms with E-state index in [0.717, 1.165) is 6.92 Å². The Hall–Kier alpha value is 0.158. The minimum atomic E-state index is -1.08. The van der Waals surface area contributed by atoms with Gasteiger partial charge in [-0.3, -0.25) is 0 Å². The van der Waals surface area contributed by atoms with Crippen LogP contribution in [-0.4, -0.2) is 5.97 Å². The van der Waals surface area contributed by atoms with E-state index in [1.807, 2.05) is 0 Å². The predicted octanol–water partition coefficient (Wildman–Crippen LogP) is -1.25. The maximum absolute atomic E-state index is 8.89. The van der Waals surface area contributed by atoms with E-state index in [2.05, 4.69) is 0 Å². The Morgan fingerprint density at radius 3 is 1.80 bits per heavy atom. The minimum Gasteiger partial charge on any atom is -0.550 e. The molecule has 3 heteroatoms. The molecule has 0 aromatic rings. The summed E-state index contributed by atoms with van der Waals surface area (Å²) in [5.74, 6) is -1.08. The molecule has 0 unspecified atom stereocenters. The van der Waals surface area contributed by atoms with Gasteiger partial charge < -0.3 is 9.90 Å². The molecule has 5 heavy (non-hydrogen) atoms. The molecule has 2 nitrogen and oxygen atoms in total. The van der Waals surface area contributed by atoms with Crippen molar-refractivity contribution in [3.8, 4) is 0 Å². The van der Waals surface area contributed by atoms with Crippen LogP contribution in [0.5, 0.6) is 0 Å². The van der Waals surface area contributed by atoms with Gasteiger partial charge in [0.15, 0.2) is 0 Å². The quantitative estimate of drug-likeness (QED) is 0.410. The molecule has 0 rings (SSSR count). The largest absolute Gasteiger partial charge is 0.550 e. The average Bonchev–Trinajstić information content (AvgIpc) is 0.811. The molecule has 30 valence electrons. The number of aliphatic carboxylic acids is 1. The number of carbonyl (C=O) groups excluding carboxylic acids is 1. The van der Waals surface area contributed by atoms with Gasteiger partial charge in [0, 0.05) is 27.0 Å². The number of carboxylic acid groups (broad SMARTS) is 1. The molecule has 0 aliphatic rings. The second kappa shape index (κ2) is 4.16. The zero-order valence-corrected chi connectivity index (χ0v) is 4.73. The van der Waals surface area contributed by atoms with Crippen molar-refractivity contribution in [1.82, 2.24) is 0 Å². The van der Waals surface area contributed by atoms with Gasteiger partial charge in [-0.25, -0.2) is 0 Å². The normalized spacial score (nSPS) is 5.00. The smallest absolute Gasteiger partial charge is 0.0383 e. The molecule has 0 aliphatic carbocycles. The van der Waals surface area contributed by atoms with E-state index < -0.39 is 5.97 Å². The molecule has 0 saturated heterocycles. The van der Waals surface area contributed by atoms with Crippen molar-refractivity contribution in [3.05, 3.63) is 0 Å². The second-order valence-corrected chi connectivity index (χ2v) is 0.492. The van der Waals surface area contributed by atoms with E-state index in [4.69, 9.17) is 9.90 Å². The topological polar surface area (TPSA) is 40.1 Å². The molecule has 0 amide bonds. The van der Waals surface area contributed by atoms with Crippen molar-refractivity contribution in [2.24, 2.45) is 0 Å². The number of carboxylic acids is 1. The monoisotopic (exact) mass is 157 g/mol. The van der Waals surface area contributed by atoms with Crippen LogP contribution in [0.15, 0.2) is 0 Å². The summed E-state index contributed by atoms with van der Waals surface area (Å²) in [6, 6.07) is 0. The fourth-order valence-electron chi connectivity index (χ4n) is 0. The first-order valence-corrected chi connectivity index (χ1v) is 0.908. The summed E-state index contributed by atoms with van der Waals surface area (Å²) in [6.45, 7) is 0.972. The van der Waals surface area contributed by atoms with Gasteiger partial charge >= 0.3 is 0 Å². The Bertz CT molecular complexity index is 30.6. The van der Waals surface area contributed by atoms with E-state index in [1.54, 1.807) is 0 Å². The van der Waals surface area contributed by atoms with Crippen LogP contribution >= 0.6 is 0 Å². The standard InChI is InChI=1S/C2H4O2.Mo/c1-2(3)4;/h1H3,(H,3,4);/p-1. The van der Waals surface area contributed by atoms with Crippen molar-refractivity contribution in [2.45, 2.75) is 6.92 Å². The molecule has 0 atom stereocenters. The third-order valence-corrected chi connectivity index (χ3v) is 0. The molecule has 0 aliphatic heterocycles. The first-order chi connectivity index (χ1) is 1.73. The van der Waals surface area contributed by atoms with Gasteiger partial charge in [-0.2, -0.15) is 0 Å². The Kier molecular flexibility index (Phi) is 7.44. The summed E-state index contributed by atoms with van der Waals surface area (Å²) < 4.78 is 0. The third-order valence-electron chi connectivity index (χ3n) is 0. The summed E-state index contributed by atoms with van der Waals surface area (Å²) in [4.78, 5) is 8.89. The van der Waals surface area contributed by atoms with E-state index in [-0.39, 0.29) is 21.1 Å². The van der Waals surface area contributed by atoms with Crippen LogP contribution in [0.3, 0.4) is 0 Å². The fourth-order valence-corrected chi connectivity index (χ4v) is 0. The van der Waals surface area contributed by atoms with Crippen molar-refractivity contribution in [2.75, 3.05) is 0 Å². The van der Waals surface area contributed by atoms with E-state index in [9.17, 15) is 0 Å². The predicted molar refractivity (Wildman–Crippen MR) is 10.7 cm³/mol. The molecular weight excluding hydrogens is 152 g/mol. The van der Waals surface area contributed by atoms with Crippen molar-refractivity contribution >= 4 is 5.97 Å². The SMILES string of the molecule is CC(=O)[O-].[Mo]. The molecule has 0 N–H and O–H groups in total. The van der Waals surface area contributed by atoms with Gasteiger partial charge in [0.25, 0.3) is 0 Å². The third kappa shape index (κ3) is 773. The molecule has 0 spiro atoms. The number of rotatable bonds is 0. The molecule has 0 fully saturated rings. The Morgan fingerprint density at radius 1 is 1.80 bits per heavy atom. The zero-order valence-electron chi connectivity index (χ0n) is 2.72. The Balaban J connectivity index is 0. The summed E-state index contributed by atoms with van der Waals surface area (Å²) in [7, 11) is 0. The average molecular weight is 155 g/mol. The summed E-state index contributed by atoms with van der Waals surface area (Å²) in [5, 5.41) is 8.89. The van der Waals surface area contributed by atoms with Gasteiger partial charge in [-0.1, -0.05) is 0 Å². The fraction of sp³-hybridized carbons (Fsp3) is 0.500. The molecule has 0 heterocycles. The molecule has 0 radical (unpaired) electrons. The van der Waals surface area contributed by atoms with Crippen molar-refractivity contribution in [1.29, 1.82) is 0 Å². The van der Waals surface area contributed by atoms with Gasteiger partial charge in [0.1, 0.15) is 0 Å². The van der Waals surface area contributed by atoms with Crippen LogP contribution in [0.25, 0.3) is 0 Å². The van der Waals surface area contributed by atoms with Crippen LogP contribution in [0.4, 0.5) is 0 Å². The molecule has 0 saturated carbocycles. The van der Waals surface area contributed by atoms with Gasteiger partial charge in [0.2, 0.25) is 0 Å². The van der Waals surface area contributed by atoms with Crippen LogP contribution in [0, 0.1) is 0 Å². The van der Waals surface area contributed by atoms with Crippen LogP contribution < -0.4 is 5.11 Å². The number of hydrogen-bond acceptors (Lipinski definition) is 2. The first kappa shape index (κ1) is 8.94. The maximum Gasteiger partial charge on any atom is 0.0383 e. The van der Waals surface area contributed by atoms with E-state index >= 15 is 0 Å². The molecule has 0 bridgehead atoms. The summed E-state index contributed by atoms with van der Waals surface area (Å²) in [5.41, 5.74) is 0. The number of hydrogen-bond donors (Lipinski definition) is 0. The summed E-state index contributed by atoms with van der Waals surface area (Å²) >= 11 is 0. The van der Waals surface area contributed by atoms with Gasteiger partial charge in [-0.15, -0.1) is 0 Å². The van der Waals surface area contributed by atoms with Gasteiger partial charge in [-0.05, 0) is 6.92 Å². The minimum absolute atomic E-state index is 0. The molecular formula is C2H3MoO2-. The van der Waals surface area contributed by atoms with Crippen molar-refractivity contribution in [3.63, 3.8) is 0 Å². The zero-order chi connectivity index (χ0) is 3.58. The Morgan fingerprint density at radius 2 is 1.80 bits per heavy atom. The first-order valence-electron chi connectivity index (χ1n) is 0.908.